The zero-order valence-corrected chi connectivity index (χ0v) is 20.4. The van der Waals surface area contributed by atoms with E-state index in [0.717, 1.165) is 19.4 Å². The van der Waals surface area contributed by atoms with Crippen molar-refractivity contribution in [3.63, 3.8) is 0 Å². The highest BCUT2D eigenvalue weighted by Gasteiger charge is 2.29. The first-order chi connectivity index (χ1) is 12.6. The highest BCUT2D eigenvalue weighted by atomic mass is 127. The third-order valence-corrected chi connectivity index (χ3v) is 3.96. The van der Waals surface area contributed by atoms with Gasteiger partial charge in [0.05, 0.1) is 12.6 Å². The number of ether oxygens (including phenoxy) is 1. The molecule has 1 aliphatic carbocycles. The van der Waals surface area contributed by atoms with Gasteiger partial charge in [0.1, 0.15) is 5.60 Å². The van der Waals surface area contributed by atoms with Gasteiger partial charge in [-0.2, -0.15) is 0 Å². The Bertz CT molecular complexity index is 516. The van der Waals surface area contributed by atoms with E-state index in [2.05, 4.69) is 26.3 Å². The lowest BCUT2D eigenvalue weighted by Crippen LogP contribution is -2.45. The van der Waals surface area contributed by atoms with E-state index in [9.17, 15) is 9.59 Å². The summed E-state index contributed by atoms with van der Waals surface area (Å²) in [6.07, 6.45) is 1.58. The van der Waals surface area contributed by atoms with Crippen molar-refractivity contribution in [3.8, 4) is 0 Å². The van der Waals surface area contributed by atoms with Gasteiger partial charge in [-0.25, -0.2) is 4.79 Å². The summed E-state index contributed by atoms with van der Waals surface area (Å²) >= 11 is 0. The Hall–Kier alpha value is -1.26. The molecule has 0 heterocycles. The van der Waals surface area contributed by atoms with Crippen molar-refractivity contribution >= 4 is 41.9 Å². The largest absolute Gasteiger partial charge is 0.444 e. The van der Waals surface area contributed by atoms with Crippen LogP contribution in [-0.4, -0.2) is 55.8 Å². The molecule has 9 heteroatoms. The van der Waals surface area contributed by atoms with Crippen LogP contribution >= 0.6 is 24.0 Å². The number of aliphatic imine (C=N–C) groups is 1. The molecule has 1 atom stereocenters. The number of guanidine groups is 1. The number of nitrogens with one attached hydrogen (secondary N) is 4. The van der Waals surface area contributed by atoms with Gasteiger partial charge < -0.3 is 26.0 Å². The monoisotopic (exact) mass is 511 g/mol. The van der Waals surface area contributed by atoms with Gasteiger partial charge in [-0.15, -0.1) is 24.0 Å². The van der Waals surface area contributed by atoms with Crippen LogP contribution in [-0.2, 0) is 9.53 Å². The van der Waals surface area contributed by atoms with Gasteiger partial charge in [-0.1, -0.05) is 13.8 Å². The molecular weight excluding hydrogens is 473 g/mol. The third-order valence-electron chi connectivity index (χ3n) is 3.96. The lowest BCUT2D eigenvalue weighted by molar-refractivity contribution is -0.122. The van der Waals surface area contributed by atoms with Crippen LogP contribution in [0.4, 0.5) is 4.79 Å². The Morgan fingerprint density at radius 1 is 1.11 bits per heavy atom. The minimum Gasteiger partial charge on any atom is -0.444 e. The number of carbonyl (C=O) groups excluding carboxylic acids is 2. The topological polar surface area (TPSA) is 104 Å². The summed E-state index contributed by atoms with van der Waals surface area (Å²) in [6, 6.07) is -0.134. The van der Waals surface area contributed by atoms with Crippen LogP contribution in [0.15, 0.2) is 4.99 Å². The van der Waals surface area contributed by atoms with Crippen LogP contribution in [0, 0.1) is 11.8 Å². The number of amides is 2. The molecular formula is C19H38IN5O3. The highest BCUT2D eigenvalue weighted by molar-refractivity contribution is 14.0. The average Bonchev–Trinajstić information content (AvgIpc) is 3.37. The molecule has 0 bridgehead atoms. The first kappa shape index (κ1) is 26.7. The summed E-state index contributed by atoms with van der Waals surface area (Å²) in [7, 11) is 0. The minimum absolute atomic E-state index is 0. The summed E-state index contributed by atoms with van der Waals surface area (Å²) in [5, 5.41) is 12.2. The maximum absolute atomic E-state index is 12.0. The molecule has 1 unspecified atom stereocenters. The molecule has 0 aromatic carbocycles. The number of hydrogen-bond donors (Lipinski definition) is 4. The van der Waals surface area contributed by atoms with Crippen molar-refractivity contribution in [1.82, 2.24) is 21.3 Å². The summed E-state index contributed by atoms with van der Waals surface area (Å²) in [6.45, 7) is 13.9. The Kier molecular flexibility index (Phi) is 12.5. The third kappa shape index (κ3) is 12.2. The van der Waals surface area contributed by atoms with Gasteiger partial charge in [0, 0.05) is 25.6 Å². The maximum atomic E-state index is 12.0. The van der Waals surface area contributed by atoms with Crippen LogP contribution in [0.2, 0.25) is 0 Å². The van der Waals surface area contributed by atoms with E-state index >= 15 is 0 Å². The summed E-state index contributed by atoms with van der Waals surface area (Å²) in [5.41, 5.74) is -0.531. The van der Waals surface area contributed by atoms with Crippen LogP contribution in [0.25, 0.3) is 0 Å². The van der Waals surface area contributed by atoms with Crippen LogP contribution < -0.4 is 21.3 Å². The molecule has 0 aromatic heterocycles. The second kappa shape index (κ2) is 13.1. The molecule has 1 rings (SSSR count). The summed E-state index contributed by atoms with van der Waals surface area (Å²) in [5.74, 6) is 1.23. The van der Waals surface area contributed by atoms with E-state index in [-0.39, 0.29) is 47.8 Å². The van der Waals surface area contributed by atoms with Crippen molar-refractivity contribution in [2.24, 2.45) is 16.8 Å². The van der Waals surface area contributed by atoms with E-state index in [1.165, 1.54) is 0 Å². The molecule has 0 radical (unpaired) electrons. The van der Waals surface area contributed by atoms with Crippen LogP contribution in [0.5, 0.6) is 0 Å². The van der Waals surface area contributed by atoms with Gasteiger partial charge in [-0.05, 0) is 46.5 Å². The molecule has 2 amide bonds. The molecule has 0 aromatic rings. The molecule has 8 nitrogen and oxygen atoms in total. The minimum atomic E-state index is -0.531. The summed E-state index contributed by atoms with van der Waals surface area (Å²) < 4.78 is 5.33. The molecule has 1 fully saturated rings. The number of hydrogen-bond acceptors (Lipinski definition) is 4. The Morgan fingerprint density at radius 3 is 2.21 bits per heavy atom. The number of carbonyl (C=O) groups is 2. The lowest BCUT2D eigenvalue weighted by Gasteiger charge is -2.25. The number of halogens is 1. The molecule has 1 aliphatic rings. The lowest BCUT2D eigenvalue weighted by atomic mass is 10.1. The standard InChI is InChI=1S/C19H37N5O3.HI/c1-7-20-17(22-11-10-21-16(25)14-8-9-14)23-12-15(13(2)3)24-18(26)27-19(4,5)6;/h13-15H,7-12H2,1-6H3,(H,21,25)(H,24,26)(H2,20,22,23);1H. The first-order valence-corrected chi connectivity index (χ1v) is 9.91. The van der Waals surface area contributed by atoms with Crippen molar-refractivity contribution < 1.29 is 14.3 Å². The fourth-order valence-electron chi connectivity index (χ4n) is 2.27. The van der Waals surface area contributed by atoms with E-state index < -0.39 is 11.7 Å². The zero-order valence-electron chi connectivity index (χ0n) is 18.1. The van der Waals surface area contributed by atoms with Crippen LogP contribution in [0.3, 0.4) is 0 Å². The second-order valence-electron chi connectivity index (χ2n) is 8.21. The molecule has 28 heavy (non-hydrogen) atoms. The normalized spacial score (nSPS) is 15.3. The molecule has 4 N–H and O–H groups in total. The van der Waals surface area contributed by atoms with E-state index in [0.29, 0.717) is 25.6 Å². The van der Waals surface area contributed by atoms with Crippen molar-refractivity contribution in [2.75, 3.05) is 26.2 Å². The number of alkyl carbamates (subject to hydrolysis) is 1. The van der Waals surface area contributed by atoms with Gasteiger partial charge in [0.15, 0.2) is 5.96 Å². The van der Waals surface area contributed by atoms with Gasteiger partial charge in [0.25, 0.3) is 0 Å². The van der Waals surface area contributed by atoms with E-state index in [4.69, 9.17) is 4.74 Å². The number of nitrogens with zero attached hydrogens (tertiary/aromatic N) is 1. The maximum Gasteiger partial charge on any atom is 0.407 e. The van der Waals surface area contributed by atoms with Crippen molar-refractivity contribution in [3.05, 3.63) is 0 Å². The molecule has 0 saturated heterocycles. The quantitative estimate of drug-likeness (QED) is 0.165. The fourth-order valence-corrected chi connectivity index (χ4v) is 2.27. The van der Waals surface area contributed by atoms with Crippen LogP contribution in [0.1, 0.15) is 54.4 Å². The van der Waals surface area contributed by atoms with Gasteiger partial charge in [0.2, 0.25) is 5.91 Å². The van der Waals surface area contributed by atoms with Gasteiger partial charge >= 0.3 is 6.09 Å². The number of rotatable bonds is 9. The van der Waals surface area contributed by atoms with E-state index in [1.807, 2.05) is 41.5 Å². The predicted molar refractivity (Wildman–Crippen MR) is 123 cm³/mol. The Balaban J connectivity index is 0.00000729. The molecule has 1 saturated carbocycles. The van der Waals surface area contributed by atoms with Gasteiger partial charge in [-0.3, -0.25) is 9.79 Å². The molecule has 0 aliphatic heterocycles. The first-order valence-electron chi connectivity index (χ1n) is 9.91. The highest BCUT2D eigenvalue weighted by Crippen LogP contribution is 2.28. The zero-order chi connectivity index (χ0) is 20.4. The fraction of sp³-hybridized carbons (Fsp3) is 0.842. The second-order valence-corrected chi connectivity index (χ2v) is 8.21. The van der Waals surface area contributed by atoms with E-state index in [1.54, 1.807) is 0 Å². The Morgan fingerprint density at radius 2 is 1.71 bits per heavy atom. The smallest absolute Gasteiger partial charge is 0.407 e. The predicted octanol–water partition coefficient (Wildman–Crippen LogP) is 2.23. The Labute approximate surface area is 186 Å². The summed E-state index contributed by atoms with van der Waals surface area (Å²) in [4.78, 5) is 28.2. The average molecular weight is 511 g/mol. The molecule has 164 valence electrons. The van der Waals surface area contributed by atoms with Crippen molar-refractivity contribution in [2.45, 2.75) is 66.0 Å². The molecule has 0 spiro atoms. The SMILES string of the molecule is CCNC(=NCC(NC(=O)OC(C)(C)C)C(C)C)NCCNC(=O)C1CC1.I. The van der Waals surface area contributed by atoms with Crippen molar-refractivity contribution in [1.29, 1.82) is 0 Å².